The molecule has 0 aliphatic carbocycles. The maximum atomic E-state index is 13.6. The number of sulfone groups is 2. The smallest absolute Gasteiger partial charge is 0.210 e. The van der Waals surface area contributed by atoms with Gasteiger partial charge in [-0.2, -0.15) is 0 Å². The summed E-state index contributed by atoms with van der Waals surface area (Å²) in [6, 6.07) is 46.3. The van der Waals surface area contributed by atoms with Gasteiger partial charge in [0, 0.05) is 8.95 Å². The van der Waals surface area contributed by atoms with Crippen molar-refractivity contribution in [1.29, 1.82) is 0 Å². The van der Waals surface area contributed by atoms with Crippen molar-refractivity contribution in [1.82, 2.24) is 0 Å². The first kappa shape index (κ1) is 36.9. The number of halogens is 2. The molecule has 8 nitrogen and oxygen atoms in total. The molecule has 0 radical (unpaired) electrons. The summed E-state index contributed by atoms with van der Waals surface area (Å²) in [5, 5.41) is 0. The highest BCUT2D eigenvalue weighted by Gasteiger charge is 2.24. The Morgan fingerprint density at radius 2 is 0.704 bits per heavy atom. The molecule has 7 aromatic carbocycles. The van der Waals surface area contributed by atoms with E-state index in [1.54, 1.807) is 115 Å². The van der Waals surface area contributed by atoms with Crippen molar-refractivity contribution < 1.29 is 35.8 Å². The third kappa shape index (κ3) is 8.53. The fourth-order valence-corrected chi connectivity index (χ4v) is 8.68. The zero-order chi connectivity index (χ0) is 37.7. The van der Waals surface area contributed by atoms with Crippen molar-refractivity contribution in [3.63, 3.8) is 0 Å². The SMILES string of the molecule is O=S(=O)(c1ccc(Oc2ccc(Oc3ccc(S(=O)(=O)c4ccccc4Oc4cccc(Br)c4)cc3)cc2)cc1)c1ccccc1Oc1ccc(Br)cc1. The quantitative estimate of drug-likeness (QED) is 0.119. The molecule has 0 unspecified atom stereocenters. The van der Waals surface area contributed by atoms with Gasteiger partial charge in [-0.15, -0.1) is 0 Å². The normalized spacial score (nSPS) is 11.4. The van der Waals surface area contributed by atoms with Crippen LogP contribution in [0.15, 0.2) is 198 Å². The van der Waals surface area contributed by atoms with Gasteiger partial charge in [0.05, 0.1) is 9.79 Å². The van der Waals surface area contributed by atoms with Gasteiger partial charge < -0.3 is 18.9 Å². The molecule has 0 aliphatic rings. The lowest BCUT2D eigenvalue weighted by atomic mass is 10.3. The van der Waals surface area contributed by atoms with Crippen LogP contribution in [-0.2, 0) is 19.7 Å². The van der Waals surface area contributed by atoms with Gasteiger partial charge in [-0.3, -0.25) is 0 Å². The zero-order valence-electron chi connectivity index (χ0n) is 28.0. The Morgan fingerprint density at radius 1 is 0.333 bits per heavy atom. The molecule has 0 atom stereocenters. The predicted molar refractivity (Wildman–Crippen MR) is 212 cm³/mol. The lowest BCUT2D eigenvalue weighted by Crippen LogP contribution is -2.04. The maximum Gasteiger partial charge on any atom is 0.210 e. The minimum Gasteiger partial charge on any atom is -0.457 e. The van der Waals surface area contributed by atoms with E-state index in [0.717, 1.165) is 8.95 Å². The molecule has 0 saturated carbocycles. The topological polar surface area (TPSA) is 105 Å². The summed E-state index contributed by atoms with van der Waals surface area (Å²) in [7, 11) is -7.82. The van der Waals surface area contributed by atoms with E-state index < -0.39 is 19.7 Å². The molecular weight excluding hydrogens is 856 g/mol. The van der Waals surface area contributed by atoms with Gasteiger partial charge in [-0.1, -0.05) is 62.2 Å². The van der Waals surface area contributed by atoms with Crippen molar-refractivity contribution in [2.24, 2.45) is 0 Å². The second-order valence-electron chi connectivity index (χ2n) is 11.6. The Kier molecular flexibility index (Phi) is 10.9. The summed E-state index contributed by atoms with van der Waals surface area (Å²) >= 11 is 6.79. The monoisotopic (exact) mass is 882 g/mol. The Morgan fingerprint density at radius 3 is 1.15 bits per heavy atom. The molecule has 0 fully saturated rings. The molecule has 0 aromatic heterocycles. The van der Waals surface area contributed by atoms with E-state index in [4.69, 9.17) is 18.9 Å². The lowest BCUT2D eigenvalue weighted by molar-refractivity contribution is 0.466. The van der Waals surface area contributed by atoms with Crippen LogP contribution in [0.1, 0.15) is 0 Å². The van der Waals surface area contributed by atoms with Crippen molar-refractivity contribution >= 4 is 51.5 Å². The average Bonchev–Trinajstić information content (AvgIpc) is 3.17. The number of hydrogen-bond donors (Lipinski definition) is 0. The van der Waals surface area contributed by atoms with Crippen molar-refractivity contribution in [3.8, 4) is 46.0 Å². The van der Waals surface area contributed by atoms with E-state index >= 15 is 0 Å². The molecule has 54 heavy (non-hydrogen) atoms. The van der Waals surface area contributed by atoms with E-state index in [-0.39, 0.29) is 31.1 Å². The van der Waals surface area contributed by atoms with Crippen LogP contribution >= 0.6 is 31.9 Å². The second-order valence-corrected chi connectivity index (χ2v) is 17.3. The van der Waals surface area contributed by atoms with Crippen LogP contribution in [0.25, 0.3) is 0 Å². The average molecular weight is 885 g/mol. The molecule has 7 aromatic rings. The molecule has 7 rings (SSSR count). The van der Waals surface area contributed by atoms with E-state index in [0.29, 0.717) is 34.5 Å². The van der Waals surface area contributed by atoms with Gasteiger partial charge in [-0.05, 0) is 140 Å². The maximum absolute atomic E-state index is 13.6. The molecule has 0 amide bonds. The summed E-state index contributed by atoms with van der Waals surface area (Å²) < 4.78 is 79.9. The van der Waals surface area contributed by atoms with E-state index in [2.05, 4.69) is 31.9 Å². The minimum atomic E-state index is -3.91. The molecule has 0 N–H and O–H groups in total. The van der Waals surface area contributed by atoms with Crippen LogP contribution in [0, 0.1) is 0 Å². The third-order valence-electron chi connectivity index (χ3n) is 7.91. The first-order valence-electron chi connectivity index (χ1n) is 16.3. The number of rotatable bonds is 12. The Balaban J connectivity index is 0.992. The number of ether oxygens (including phenoxy) is 4. The largest absolute Gasteiger partial charge is 0.457 e. The molecule has 0 spiro atoms. The molecule has 0 aliphatic heterocycles. The van der Waals surface area contributed by atoms with Gasteiger partial charge in [0.1, 0.15) is 55.8 Å². The Labute approximate surface area is 329 Å². The van der Waals surface area contributed by atoms with E-state index in [1.165, 1.54) is 36.4 Å². The number of hydrogen-bond acceptors (Lipinski definition) is 8. The van der Waals surface area contributed by atoms with Crippen LogP contribution in [0.2, 0.25) is 0 Å². The highest BCUT2D eigenvalue weighted by Crippen LogP contribution is 2.36. The summed E-state index contributed by atoms with van der Waals surface area (Å²) in [5.74, 6) is 3.29. The minimum absolute atomic E-state index is 0.0398. The summed E-state index contributed by atoms with van der Waals surface area (Å²) in [5.41, 5.74) is 0. The third-order valence-corrected chi connectivity index (χ3v) is 12.5. The fourth-order valence-electron chi connectivity index (χ4n) is 5.28. The van der Waals surface area contributed by atoms with Gasteiger partial charge in [0.15, 0.2) is 0 Å². The van der Waals surface area contributed by atoms with Crippen LogP contribution in [0.4, 0.5) is 0 Å². The van der Waals surface area contributed by atoms with Gasteiger partial charge in [0.2, 0.25) is 19.7 Å². The summed E-state index contributed by atoms with van der Waals surface area (Å²) in [6.07, 6.45) is 0. The van der Waals surface area contributed by atoms with E-state index in [9.17, 15) is 16.8 Å². The van der Waals surface area contributed by atoms with Crippen LogP contribution in [0.3, 0.4) is 0 Å². The summed E-state index contributed by atoms with van der Waals surface area (Å²) in [4.78, 5) is 0.252. The predicted octanol–water partition coefficient (Wildman–Crippen LogP) is 12.0. The summed E-state index contributed by atoms with van der Waals surface area (Å²) in [6.45, 7) is 0. The van der Waals surface area contributed by atoms with Gasteiger partial charge >= 0.3 is 0 Å². The number of para-hydroxylation sites is 2. The number of benzene rings is 7. The van der Waals surface area contributed by atoms with Crippen molar-refractivity contribution in [2.75, 3.05) is 0 Å². The molecule has 270 valence electrons. The molecule has 0 bridgehead atoms. The van der Waals surface area contributed by atoms with Gasteiger partial charge in [0.25, 0.3) is 0 Å². The highest BCUT2D eigenvalue weighted by atomic mass is 79.9. The molecule has 0 heterocycles. The molecule has 0 saturated heterocycles. The Hall–Kier alpha value is -5.40. The Bertz CT molecular complexity index is 2630. The van der Waals surface area contributed by atoms with Crippen molar-refractivity contribution in [2.45, 2.75) is 19.6 Å². The van der Waals surface area contributed by atoms with Crippen LogP contribution < -0.4 is 18.9 Å². The lowest BCUT2D eigenvalue weighted by Gasteiger charge is -2.13. The second kappa shape index (κ2) is 15.9. The van der Waals surface area contributed by atoms with Gasteiger partial charge in [-0.25, -0.2) is 16.8 Å². The molecule has 12 heteroatoms. The zero-order valence-corrected chi connectivity index (χ0v) is 32.8. The molecular formula is C42H28Br2O8S2. The fraction of sp³-hybridized carbons (Fsp3) is 0. The highest BCUT2D eigenvalue weighted by molar-refractivity contribution is 9.10. The van der Waals surface area contributed by atoms with Crippen molar-refractivity contribution in [3.05, 3.63) is 179 Å². The van der Waals surface area contributed by atoms with Crippen LogP contribution in [-0.4, -0.2) is 16.8 Å². The van der Waals surface area contributed by atoms with Crippen LogP contribution in [0.5, 0.6) is 46.0 Å². The van der Waals surface area contributed by atoms with E-state index in [1.807, 2.05) is 18.2 Å². The first-order valence-corrected chi connectivity index (χ1v) is 20.8. The standard InChI is InChI=1S/C42H28Br2O8S2/c43-29-12-14-35(15-13-29)51-39-8-1-3-10-41(39)53(45,46)37-24-20-33(21-25-37)49-31-16-18-32(19-17-31)50-34-22-26-38(27-23-34)54(47,48)42-11-4-2-9-40(42)52-36-7-5-6-30(44)28-36/h1-28H. The first-order chi connectivity index (χ1) is 26.0.